The van der Waals surface area contributed by atoms with Gasteiger partial charge in [0.1, 0.15) is 5.56 Å². The summed E-state index contributed by atoms with van der Waals surface area (Å²) >= 11 is 0. The van der Waals surface area contributed by atoms with E-state index in [9.17, 15) is 14.7 Å². The Labute approximate surface area is 129 Å². The first-order valence-corrected chi connectivity index (χ1v) is 7.50. The highest BCUT2D eigenvalue weighted by molar-refractivity contribution is 6.00. The van der Waals surface area contributed by atoms with Gasteiger partial charge in [0.05, 0.1) is 18.2 Å². The van der Waals surface area contributed by atoms with E-state index in [4.69, 9.17) is 0 Å². The number of anilines is 1. The summed E-state index contributed by atoms with van der Waals surface area (Å²) in [5, 5.41) is 13.0. The van der Waals surface area contributed by atoms with Crippen LogP contribution in [0.25, 0.3) is 0 Å². The maximum absolute atomic E-state index is 12.7. The van der Waals surface area contributed by atoms with Crippen molar-refractivity contribution in [2.45, 2.75) is 19.3 Å². The molecule has 0 radical (unpaired) electrons. The van der Waals surface area contributed by atoms with Crippen LogP contribution in [0.3, 0.4) is 0 Å². The maximum Gasteiger partial charge on any atom is 0.341 e. The highest BCUT2D eigenvalue weighted by Crippen LogP contribution is 2.41. The lowest BCUT2D eigenvalue weighted by atomic mass is 9.80. The van der Waals surface area contributed by atoms with Crippen molar-refractivity contribution in [2.75, 3.05) is 32.1 Å². The lowest BCUT2D eigenvalue weighted by molar-refractivity contribution is -0.126. The Hall–Kier alpha value is -2.08. The zero-order valence-electron chi connectivity index (χ0n) is 12.6. The molecule has 2 fully saturated rings. The summed E-state index contributed by atoms with van der Waals surface area (Å²) in [6, 6.07) is 4.67. The number of carbonyl (C=O) groups is 2. The third-order valence-corrected chi connectivity index (χ3v) is 4.73. The van der Waals surface area contributed by atoms with Crippen LogP contribution in [0.2, 0.25) is 0 Å². The Bertz CT molecular complexity index is 612. The van der Waals surface area contributed by atoms with Gasteiger partial charge in [0.2, 0.25) is 5.91 Å². The maximum atomic E-state index is 12.7. The van der Waals surface area contributed by atoms with E-state index >= 15 is 0 Å². The fourth-order valence-corrected chi connectivity index (χ4v) is 3.47. The third kappa shape index (κ3) is 2.43. The quantitative estimate of drug-likeness (QED) is 0.655. The van der Waals surface area contributed by atoms with Crippen LogP contribution in [0, 0.1) is 5.41 Å². The number of phenols is 1. The molecule has 2 heterocycles. The Morgan fingerprint density at radius 1 is 1.32 bits per heavy atom. The van der Waals surface area contributed by atoms with Gasteiger partial charge in [0.25, 0.3) is 0 Å². The van der Waals surface area contributed by atoms with Gasteiger partial charge in [0.15, 0.2) is 5.75 Å². The molecule has 0 aliphatic carbocycles. The second kappa shape index (κ2) is 5.61. The number of hydrogen-bond acceptors (Lipinski definition) is 5. The van der Waals surface area contributed by atoms with Crippen LogP contribution in [-0.4, -0.2) is 48.6 Å². The van der Waals surface area contributed by atoms with Crippen molar-refractivity contribution in [2.24, 2.45) is 5.41 Å². The van der Waals surface area contributed by atoms with Gasteiger partial charge < -0.3 is 20.1 Å². The second-order valence-electron chi connectivity index (χ2n) is 6.06. The first-order valence-electron chi connectivity index (χ1n) is 7.50. The molecule has 2 aliphatic rings. The van der Waals surface area contributed by atoms with E-state index in [0.29, 0.717) is 0 Å². The lowest BCUT2D eigenvalue weighted by Gasteiger charge is -2.32. The molecule has 6 nitrogen and oxygen atoms in total. The molecule has 2 N–H and O–H groups in total. The zero-order valence-corrected chi connectivity index (χ0v) is 12.6. The summed E-state index contributed by atoms with van der Waals surface area (Å²) in [7, 11) is 1.25. The van der Waals surface area contributed by atoms with E-state index in [1.165, 1.54) is 13.2 Å². The van der Waals surface area contributed by atoms with Crippen LogP contribution in [0.5, 0.6) is 5.75 Å². The fraction of sp³-hybridized carbons (Fsp3) is 0.500. The van der Waals surface area contributed by atoms with Gasteiger partial charge in [0, 0.05) is 6.54 Å². The van der Waals surface area contributed by atoms with Crippen molar-refractivity contribution >= 4 is 17.6 Å². The SMILES string of the molecule is COC(=O)c1cccc(NC(=O)C23CCCN(CC2)C3)c1O. The van der Waals surface area contributed by atoms with Crippen molar-refractivity contribution in [3.05, 3.63) is 23.8 Å². The Morgan fingerprint density at radius 3 is 2.91 bits per heavy atom. The molecule has 22 heavy (non-hydrogen) atoms. The molecule has 118 valence electrons. The van der Waals surface area contributed by atoms with Crippen LogP contribution in [0.1, 0.15) is 29.6 Å². The van der Waals surface area contributed by atoms with Crippen LogP contribution < -0.4 is 5.32 Å². The predicted octanol–water partition coefficient (Wildman–Crippen LogP) is 1.60. The first kappa shape index (κ1) is 14.8. The molecule has 2 aliphatic heterocycles. The van der Waals surface area contributed by atoms with E-state index in [1.807, 2.05) is 0 Å². The van der Waals surface area contributed by atoms with Crippen molar-refractivity contribution in [1.82, 2.24) is 4.90 Å². The number of benzene rings is 1. The molecule has 2 saturated heterocycles. The minimum absolute atomic E-state index is 0.0505. The monoisotopic (exact) mass is 304 g/mol. The van der Waals surface area contributed by atoms with Gasteiger partial charge in [-0.1, -0.05) is 6.07 Å². The molecule has 0 aromatic heterocycles. The summed E-state index contributed by atoms with van der Waals surface area (Å²) in [6.45, 7) is 2.77. The molecule has 2 unspecified atom stereocenters. The predicted molar refractivity (Wildman–Crippen MR) is 80.8 cm³/mol. The number of piperidine rings is 1. The molecule has 0 spiro atoms. The van der Waals surface area contributed by atoms with Gasteiger partial charge in [-0.15, -0.1) is 0 Å². The van der Waals surface area contributed by atoms with Gasteiger partial charge in [-0.25, -0.2) is 4.79 Å². The highest BCUT2D eigenvalue weighted by atomic mass is 16.5. The van der Waals surface area contributed by atoms with E-state index in [0.717, 1.165) is 38.9 Å². The average molecular weight is 304 g/mol. The van der Waals surface area contributed by atoms with Gasteiger partial charge >= 0.3 is 5.97 Å². The van der Waals surface area contributed by atoms with Crippen molar-refractivity contribution < 1.29 is 19.4 Å². The molecule has 1 amide bonds. The number of nitrogens with one attached hydrogen (secondary N) is 1. The molecule has 2 atom stereocenters. The van der Waals surface area contributed by atoms with E-state index in [2.05, 4.69) is 15.0 Å². The number of methoxy groups -OCH3 is 1. The average Bonchev–Trinajstić information content (AvgIpc) is 2.84. The fourth-order valence-electron chi connectivity index (χ4n) is 3.47. The number of hydrogen-bond donors (Lipinski definition) is 2. The van der Waals surface area contributed by atoms with E-state index < -0.39 is 5.97 Å². The number of ether oxygens (including phenoxy) is 1. The summed E-state index contributed by atoms with van der Waals surface area (Å²) < 4.78 is 4.62. The first-order chi connectivity index (χ1) is 10.6. The summed E-state index contributed by atoms with van der Waals surface area (Å²) in [5.41, 5.74) is -0.0628. The number of rotatable bonds is 3. The zero-order chi connectivity index (χ0) is 15.7. The topological polar surface area (TPSA) is 78.9 Å². The molecule has 0 saturated carbocycles. The van der Waals surface area contributed by atoms with Crippen molar-refractivity contribution in [3.63, 3.8) is 0 Å². The number of carbonyl (C=O) groups excluding carboxylic acids is 2. The van der Waals surface area contributed by atoms with E-state index in [1.54, 1.807) is 12.1 Å². The molecule has 3 rings (SSSR count). The molecule has 2 bridgehead atoms. The standard InChI is InChI=1S/C16H20N2O4/c1-22-14(20)11-4-2-5-12(13(11)19)17-15(21)16-6-3-8-18(10-16)9-7-16/h2,4-5,19H,3,6-10H2,1H3,(H,17,21). The van der Waals surface area contributed by atoms with Crippen molar-refractivity contribution in [1.29, 1.82) is 0 Å². The van der Waals surface area contributed by atoms with Crippen LogP contribution >= 0.6 is 0 Å². The van der Waals surface area contributed by atoms with E-state index in [-0.39, 0.29) is 28.3 Å². The second-order valence-corrected chi connectivity index (χ2v) is 6.06. The van der Waals surface area contributed by atoms with Gasteiger partial charge in [-0.2, -0.15) is 0 Å². The minimum Gasteiger partial charge on any atom is -0.505 e. The number of esters is 1. The number of aromatic hydroxyl groups is 1. The number of nitrogens with zero attached hydrogens (tertiary/aromatic N) is 1. The summed E-state index contributed by atoms with van der Waals surface area (Å²) in [6.07, 6.45) is 2.73. The highest BCUT2D eigenvalue weighted by Gasteiger charge is 2.46. The smallest absolute Gasteiger partial charge is 0.341 e. The number of phenolic OH excluding ortho intramolecular Hbond substituents is 1. The molecular formula is C16H20N2O4. The number of para-hydroxylation sites is 1. The number of amides is 1. The molecule has 1 aromatic rings. The largest absolute Gasteiger partial charge is 0.505 e. The molecule has 1 aromatic carbocycles. The minimum atomic E-state index is -0.628. The van der Waals surface area contributed by atoms with Crippen LogP contribution in [-0.2, 0) is 9.53 Å². The van der Waals surface area contributed by atoms with Crippen molar-refractivity contribution in [3.8, 4) is 5.75 Å². The van der Waals surface area contributed by atoms with Crippen LogP contribution in [0.15, 0.2) is 18.2 Å². The lowest BCUT2D eigenvalue weighted by Crippen LogP contribution is -2.42. The third-order valence-electron chi connectivity index (χ3n) is 4.73. The normalized spacial score (nSPS) is 26.5. The number of fused-ring (bicyclic) bond motifs is 2. The Balaban J connectivity index is 1.81. The van der Waals surface area contributed by atoms with Gasteiger partial charge in [-0.05, 0) is 44.5 Å². The summed E-state index contributed by atoms with van der Waals surface area (Å²) in [4.78, 5) is 26.6. The summed E-state index contributed by atoms with van der Waals surface area (Å²) in [5.74, 6) is -0.951. The molecule has 6 heteroatoms. The van der Waals surface area contributed by atoms with Gasteiger partial charge in [-0.3, -0.25) is 4.79 Å². The Morgan fingerprint density at radius 2 is 2.14 bits per heavy atom. The molecular weight excluding hydrogens is 284 g/mol. The van der Waals surface area contributed by atoms with Crippen LogP contribution in [0.4, 0.5) is 5.69 Å². The Kier molecular flexibility index (Phi) is 3.78.